The van der Waals surface area contributed by atoms with Gasteiger partial charge in [0.2, 0.25) is 6.71 Å². The predicted molar refractivity (Wildman–Crippen MR) is 200 cm³/mol. The van der Waals surface area contributed by atoms with Gasteiger partial charge in [-0.1, -0.05) is 88.9 Å². The summed E-state index contributed by atoms with van der Waals surface area (Å²) in [6, 6.07) is 50.2. The number of hydrogen-bond acceptors (Lipinski definition) is 5. The van der Waals surface area contributed by atoms with Crippen molar-refractivity contribution < 1.29 is 24.2 Å². The third-order valence-corrected chi connectivity index (χ3v) is 12.0. The zero-order chi connectivity index (χ0) is 33.8. The Bertz CT molecular complexity index is 2560. The van der Waals surface area contributed by atoms with E-state index in [1.165, 1.54) is 57.6 Å². The molecule has 0 unspecified atom stereocenters. The summed E-state index contributed by atoms with van der Waals surface area (Å²) in [5, 5.41) is 3.58. The molecule has 0 bridgehead atoms. The van der Waals surface area contributed by atoms with Gasteiger partial charge in [-0.25, -0.2) is 0 Å². The number of aryl methyl sites for hydroxylation is 1. The minimum absolute atomic E-state index is 0. The maximum atomic E-state index is 7.23. The van der Waals surface area contributed by atoms with Gasteiger partial charge < -0.3 is 4.98 Å². The van der Waals surface area contributed by atoms with Crippen molar-refractivity contribution in [1.29, 1.82) is 0 Å². The molecule has 10 rings (SSSR count). The molecule has 0 atom stereocenters. The van der Waals surface area contributed by atoms with E-state index in [0.29, 0.717) is 0 Å². The third kappa shape index (κ3) is 5.54. The summed E-state index contributed by atoms with van der Waals surface area (Å²) in [5.74, 6) is 0. The topological polar surface area (TPSA) is 25.8 Å². The van der Waals surface area contributed by atoms with Crippen LogP contribution in [0.25, 0.3) is 42.8 Å². The van der Waals surface area contributed by atoms with Gasteiger partial charge in [0.1, 0.15) is 0 Å². The Kier molecular flexibility index (Phi) is 7.65. The first-order chi connectivity index (χ1) is 24.4. The van der Waals surface area contributed by atoms with Gasteiger partial charge in [-0.15, -0.1) is 76.9 Å². The van der Waals surface area contributed by atoms with Crippen molar-refractivity contribution >= 4 is 79.0 Å². The fourth-order valence-corrected chi connectivity index (χ4v) is 10.1. The molecule has 231 valence electrons. The second-order valence-corrected chi connectivity index (χ2v) is 14.5. The summed E-state index contributed by atoms with van der Waals surface area (Å²) in [7, 11) is 0. The second-order valence-electron chi connectivity index (χ2n) is 11.3. The number of fused-ring (bicyclic) bond motifs is 7. The van der Waals surface area contributed by atoms with Gasteiger partial charge in [-0.2, -0.15) is 11.3 Å². The van der Waals surface area contributed by atoms with Gasteiger partial charge in [-0.3, -0.25) is 4.98 Å². The fraction of sp³-hybridized carbons (Fsp3) is 0.0244. The van der Waals surface area contributed by atoms with Crippen LogP contribution < -0.4 is 16.4 Å². The number of thiazole rings is 1. The summed E-state index contributed by atoms with van der Waals surface area (Å²) in [4.78, 5) is 14.6. The molecule has 0 amide bonds. The molecule has 6 aromatic carbocycles. The number of rotatable bonds is 2. The van der Waals surface area contributed by atoms with Gasteiger partial charge in [0, 0.05) is 50.6 Å². The van der Waals surface area contributed by atoms with E-state index in [9.17, 15) is 0 Å². The monoisotopic (exact) mass is 848 g/mol. The summed E-state index contributed by atoms with van der Waals surface area (Å²) in [6.07, 6.45) is 1.39. The van der Waals surface area contributed by atoms with E-state index in [4.69, 9.17) is 9.10 Å². The van der Waals surface area contributed by atoms with Crippen LogP contribution in [-0.4, -0.2) is 16.7 Å². The van der Waals surface area contributed by atoms with Gasteiger partial charge >= 0.3 is 0 Å². The van der Waals surface area contributed by atoms with Gasteiger partial charge in [0.15, 0.2) is 0 Å². The first-order valence-corrected chi connectivity index (χ1v) is 17.7. The Labute approximate surface area is 310 Å². The Morgan fingerprint density at radius 2 is 1.54 bits per heavy atom. The first-order valence-electron chi connectivity index (χ1n) is 16.8. The van der Waals surface area contributed by atoms with E-state index < -0.39 is 6.85 Å². The number of benzene rings is 6. The third-order valence-electron chi connectivity index (χ3n) is 8.51. The zero-order valence-corrected chi connectivity index (χ0v) is 30.1. The van der Waals surface area contributed by atoms with Crippen LogP contribution in [0.5, 0.6) is 0 Å². The van der Waals surface area contributed by atoms with E-state index in [1.54, 1.807) is 29.5 Å². The molecule has 1 radical (unpaired) electrons. The van der Waals surface area contributed by atoms with E-state index in [0.717, 1.165) is 27.3 Å². The van der Waals surface area contributed by atoms with Crippen molar-refractivity contribution in [2.75, 3.05) is 0 Å². The molecule has 0 N–H and O–H groups in total. The van der Waals surface area contributed by atoms with Crippen molar-refractivity contribution in [3.63, 3.8) is 0 Å². The molecule has 0 fully saturated rings. The van der Waals surface area contributed by atoms with Crippen molar-refractivity contribution in [2.24, 2.45) is 0 Å². The SMILES string of the molecule is [2H]C([2H])([2H])c1ccc(-c2[c-]cccc2)nc1.[Ir].[c-]1ccc2c(c1-c1nc3ccc4ccccc4c3s1)Sc1cccc3c1B2c1ccccc1S3. The molecule has 0 spiro atoms. The normalized spacial score (nSPS) is 13.5. The van der Waals surface area contributed by atoms with E-state index >= 15 is 0 Å². The maximum absolute atomic E-state index is 7.23. The molecule has 7 heteroatoms. The van der Waals surface area contributed by atoms with E-state index in [1.807, 2.05) is 41.7 Å². The summed E-state index contributed by atoms with van der Waals surface area (Å²) >= 11 is 5.56. The molecule has 0 aliphatic carbocycles. The van der Waals surface area contributed by atoms with Gasteiger partial charge in [0.05, 0.1) is 10.2 Å². The van der Waals surface area contributed by atoms with Gasteiger partial charge in [0.25, 0.3) is 0 Å². The van der Waals surface area contributed by atoms with Crippen LogP contribution in [0.2, 0.25) is 0 Å². The molecular weight excluding hydrogens is 820 g/mol. The van der Waals surface area contributed by atoms with Crippen molar-refractivity contribution in [3.05, 3.63) is 151 Å². The van der Waals surface area contributed by atoms with Crippen molar-refractivity contribution in [3.8, 4) is 21.8 Å². The molecule has 2 aliphatic rings. The molecule has 0 saturated carbocycles. The minimum atomic E-state index is -2.09. The van der Waals surface area contributed by atoms with Crippen LogP contribution in [0.4, 0.5) is 0 Å². The first kappa shape index (κ1) is 27.9. The van der Waals surface area contributed by atoms with E-state index in [-0.39, 0.29) is 32.4 Å². The quantitative estimate of drug-likeness (QED) is 0.128. The molecule has 0 saturated heterocycles. The van der Waals surface area contributed by atoms with E-state index in [2.05, 4.69) is 108 Å². The van der Waals surface area contributed by atoms with Crippen LogP contribution in [0.3, 0.4) is 0 Å². The minimum Gasteiger partial charge on any atom is -0.304 e. The Morgan fingerprint density at radius 3 is 2.40 bits per heavy atom. The Balaban J connectivity index is 0.000000187. The molecule has 8 aromatic rings. The zero-order valence-electron chi connectivity index (χ0n) is 28.2. The van der Waals surface area contributed by atoms with Crippen LogP contribution in [0.15, 0.2) is 153 Å². The number of aromatic nitrogens is 2. The Hall–Kier alpha value is -3.97. The molecule has 2 aromatic heterocycles. The van der Waals surface area contributed by atoms with Crippen LogP contribution >= 0.6 is 34.9 Å². The maximum Gasteiger partial charge on any atom is 0.228 e. The number of nitrogens with zero attached hydrogens (tertiary/aromatic N) is 2. The summed E-state index contributed by atoms with van der Waals surface area (Å²) < 4.78 is 23.0. The van der Waals surface area contributed by atoms with Crippen LogP contribution in [-0.2, 0) is 20.1 Å². The van der Waals surface area contributed by atoms with Crippen molar-refractivity contribution in [2.45, 2.75) is 26.4 Å². The predicted octanol–water partition coefficient (Wildman–Crippen LogP) is 9.22. The summed E-state index contributed by atoms with van der Waals surface area (Å²) in [6.45, 7) is -1.84. The number of hydrogen-bond donors (Lipinski definition) is 0. The smallest absolute Gasteiger partial charge is 0.228 e. The average Bonchev–Trinajstić information content (AvgIpc) is 3.60. The van der Waals surface area contributed by atoms with Crippen LogP contribution in [0.1, 0.15) is 9.68 Å². The Morgan fingerprint density at radius 1 is 0.708 bits per heavy atom. The molecule has 2 aliphatic heterocycles. The average molecular weight is 848 g/mol. The summed E-state index contributed by atoms with van der Waals surface area (Å²) in [5.41, 5.74) is 8.26. The number of pyridine rings is 1. The fourth-order valence-electron chi connectivity index (χ4n) is 6.37. The standard InChI is InChI=1S/C29H15BNS3.C12H10N.Ir/c1-2-8-18-17(7-1)15-16-22-28(18)34-29(31-22)19-9-5-11-21-27(19)33-25-14-6-13-24-26(25)30(21)20-10-3-4-12-23(20)32-24;1-10-7-8-12(13-9-10)11-5-3-2-4-6-11;/h1-8,10-16H;2-5,7-9H,1H3;/q2*-1;/i;1D3;. The molecule has 48 heavy (non-hydrogen) atoms. The van der Waals surface area contributed by atoms with Crippen molar-refractivity contribution in [1.82, 2.24) is 9.97 Å². The molecular formula is C41H25BIrN2S3-2. The van der Waals surface area contributed by atoms with Gasteiger partial charge in [-0.05, 0) is 58.1 Å². The second kappa shape index (κ2) is 13.2. The van der Waals surface area contributed by atoms with Crippen LogP contribution in [0, 0.1) is 19.0 Å². The largest absolute Gasteiger partial charge is 0.304 e. The molecule has 2 nitrogen and oxygen atoms in total. The molecule has 4 heterocycles.